The second kappa shape index (κ2) is 20.3. The summed E-state index contributed by atoms with van der Waals surface area (Å²) in [7, 11) is 2.91. The molecule has 0 bridgehead atoms. The summed E-state index contributed by atoms with van der Waals surface area (Å²) < 4.78 is 35.2. The number of cyclic esters (lactones) is 1. The maximum absolute atomic E-state index is 11.4. The van der Waals surface area contributed by atoms with E-state index in [1.165, 1.54) is 26.5 Å². The summed E-state index contributed by atoms with van der Waals surface area (Å²) in [6.45, 7) is 9.24. The molecule has 2 rings (SSSR count). The molecule has 1 saturated heterocycles. The predicted octanol–water partition coefficient (Wildman–Crippen LogP) is 2.12. The molecule has 2 N–H and O–H groups in total. The highest BCUT2D eigenvalue weighted by molar-refractivity contribution is 5.94. The standard InChI is InChI=1S/C13H18N2O7.C9H16O3.C2H6/c1-18-5-6-20-7-10(16)21-8-22-12-9(19-2)3-4-15-11(12)13(14)17;1-7-5-8(2)12-9(10)3-4-11-6-7;1-2/h3-4H,5-8H2,1-2H3,(H2,14,17);7-8H,3-6H2,1-2H3;1-2H3. The van der Waals surface area contributed by atoms with E-state index in [0.29, 0.717) is 25.6 Å². The first-order valence-corrected chi connectivity index (χ1v) is 11.7. The van der Waals surface area contributed by atoms with E-state index in [1.54, 1.807) is 0 Å². The fourth-order valence-corrected chi connectivity index (χ4v) is 2.81. The van der Waals surface area contributed by atoms with Crippen molar-refractivity contribution in [3.63, 3.8) is 0 Å². The molecule has 12 heteroatoms. The molecule has 12 nitrogen and oxygen atoms in total. The minimum atomic E-state index is -0.789. The Morgan fingerprint density at radius 3 is 2.56 bits per heavy atom. The molecule has 0 spiro atoms. The van der Waals surface area contributed by atoms with Gasteiger partial charge in [0.1, 0.15) is 6.61 Å². The van der Waals surface area contributed by atoms with Crippen LogP contribution < -0.4 is 15.2 Å². The highest BCUT2D eigenvalue weighted by Gasteiger charge is 2.18. The first-order chi connectivity index (χ1) is 17.3. The van der Waals surface area contributed by atoms with E-state index in [1.807, 2.05) is 20.8 Å². The molecule has 1 aromatic rings. The molecule has 1 aliphatic rings. The van der Waals surface area contributed by atoms with Crippen molar-refractivity contribution in [1.29, 1.82) is 0 Å². The van der Waals surface area contributed by atoms with Gasteiger partial charge in [0.05, 0.1) is 39.5 Å². The molecule has 1 aromatic heterocycles. The minimum Gasteiger partial charge on any atom is -0.493 e. The first kappa shape index (κ1) is 33.0. The summed E-state index contributed by atoms with van der Waals surface area (Å²) >= 11 is 0. The van der Waals surface area contributed by atoms with Crippen LogP contribution in [0.4, 0.5) is 0 Å². The van der Waals surface area contributed by atoms with Crippen molar-refractivity contribution in [3.8, 4) is 11.5 Å². The summed E-state index contributed by atoms with van der Waals surface area (Å²) in [5.41, 5.74) is 5.07. The second-order valence-corrected chi connectivity index (χ2v) is 7.35. The number of aromatic nitrogens is 1. The van der Waals surface area contributed by atoms with E-state index >= 15 is 0 Å². The smallest absolute Gasteiger partial charge is 0.334 e. The molecule has 2 unspecified atom stereocenters. The zero-order valence-corrected chi connectivity index (χ0v) is 22.1. The van der Waals surface area contributed by atoms with Crippen molar-refractivity contribution >= 4 is 17.8 Å². The molecule has 0 saturated carbocycles. The number of amides is 1. The molecule has 0 aromatic carbocycles. The fraction of sp³-hybridized carbons (Fsp3) is 0.667. The number of carbonyl (C=O) groups is 3. The Bertz CT molecular complexity index is 775. The summed E-state index contributed by atoms with van der Waals surface area (Å²) in [4.78, 5) is 37.4. The summed E-state index contributed by atoms with van der Waals surface area (Å²) in [6, 6.07) is 1.48. The highest BCUT2D eigenvalue weighted by atomic mass is 16.7. The number of esters is 2. The first-order valence-electron chi connectivity index (χ1n) is 11.7. The van der Waals surface area contributed by atoms with Gasteiger partial charge >= 0.3 is 11.9 Å². The van der Waals surface area contributed by atoms with Crippen LogP contribution in [0.15, 0.2) is 12.3 Å². The molecule has 0 radical (unpaired) electrons. The third-order valence-corrected chi connectivity index (χ3v) is 4.32. The van der Waals surface area contributed by atoms with Crippen molar-refractivity contribution < 1.29 is 47.5 Å². The number of pyridine rings is 1. The van der Waals surface area contributed by atoms with E-state index in [2.05, 4.69) is 11.9 Å². The van der Waals surface area contributed by atoms with Crippen molar-refractivity contribution in [2.45, 2.75) is 46.6 Å². The van der Waals surface area contributed by atoms with Gasteiger partial charge in [0.25, 0.3) is 5.91 Å². The molecule has 1 amide bonds. The number of hydrogen-bond donors (Lipinski definition) is 1. The van der Waals surface area contributed by atoms with Gasteiger partial charge in [-0.3, -0.25) is 9.59 Å². The Kier molecular flexibility index (Phi) is 18.6. The van der Waals surface area contributed by atoms with Crippen molar-refractivity contribution in [3.05, 3.63) is 18.0 Å². The van der Waals surface area contributed by atoms with Crippen LogP contribution >= 0.6 is 0 Å². The number of nitrogens with two attached hydrogens (primary N) is 1. The van der Waals surface area contributed by atoms with Gasteiger partial charge in [-0.1, -0.05) is 20.8 Å². The second-order valence-electron chi connectivity index (χ2n) is 7.35. The number of methoxy groups -OCH3 is 2. The van der Waals surface area contributed by atoms with Crippen LogP contribution in [0.5, 0.6) is 11.5 Å². The molecule has 0 aliphatic carbocycles. The predicted molar refractivity (Wildman–Crippen MR) is 130 cm³/mol. The van der Waals surface area contributed by atoms with Gasteiger partial charge in [0.2, 0.25) is 6.79 Å². The number of nitrogens with zero attached hydrogens (tertiary/aromatic N) is 1. The van der Waals surface area contributed by atoms with Crippen molar-refractivity contribution in [2.24, 2.45) is 11.7 Å². The number of primary amides is 1. The van der Waals surface area contributed by atoms with E-state index in [9.17, 15) is 14.4 Å². The largest absolute Gasteiger partial charge is 0.493 e. The lowest BCUT2D eigenvalue weighted by Crippen LogP contribution is -2.19. The van der Waals surface area contributed by atoms with Crippen LogP contribution in [-0.2, 0) is 33.3 Å². The average molecular weight is 517 g/mol. The Morgan fingerprint density at radius 1 is 1.19 bits per heavy atom. The zero-order chi connectivity index (χ0) is 27.3. The molecule has 1 aliphatic heterocycles. The van der Waals surface area contributed by atoms with Crippen molar-refractivity contribution in [1.82, 2.24) is 4.98 Å². The van der Waals surface area contributed by atoms with E-state index in [4.69, 9.17) is 38.9 Å². The highest BCUT2D eigenvalue weighted by Crippen LogP contribution is 2.29. The third-order valence-electron chi connectivity index (χ3n) is 4.32. The number of carbonyl (C=O) groups excluding carboxylic acids is 3. The van der Waals surface area contributed by atoms with Crippen LogP contribution in [0.2, 0.25) is 0 Å². The number of rotatable bonds is 10. The zero-order valence-electron chi connectivity index (χ0n) is 22.1. The quantitative estimate of drug-likeness (QED) is 0.276. The molecular formula is C24H40N2O10. The van der Waals surface area contributed by atoms with Gasteiger partial charge in [-0.05, 0) is 19.3 Å². The molecule has 206 valence electrons. The lowest BCUT2D eigenvalue weighted by molar-refractivity contribution is -0.156. The third kappa shape index (κ3) is 14.4. The van der Waals surface area contributed by atoms with Gasteiger partial charge < -0.3 is 38.9 Å². The monoisotopic (exact) mass is 516 g/mol. The van der Waals surface area contributed by atoms with Gasteiger partial charge in [-0.25, -0.2) is 9.78 Å². The van der Waals surface area contributed by atoms with Crippen molar-refractivity contribution in [2.75, 3.05) is 54.0 Å². The maximum atomic E-state index is 11.4. The molecule has 2 atom stereocenters. The van der Waals surface area contributed by atoms with Crippen LogP contribution in [0, 0.1) is 5.92 Å². The molecule has 1 fully saturated rings. The van der Waals surface area contributed by atoms with E-state index < -0.39 is 18.7 Å². The van der Waals surface area contributed by atoms with E-state index in [-0.39, 0.29) is 42.5 Å². The normalized spacial score (nSPS) is 17.3. The van der Waals surface area contributed by atoms with Gasteiger partial charge in [0, 0.05) is 26.0 Å². The SMILES string of the molecule is CC.CC1COCCC(=O)OC(C)C1.COCCOCC(=O)OCOc1c(OC)ccnc1C(N)=O. The maximum Gasteiger partial charge on any atom is 0.334 e. The van der Waals surface area contributed by atoms with Crippen LogP contribution in [-0.4, -0.2) is 83.0 Å². The number of ether oxygens (including phenoxy) is 7. The Balaban J connectivity index is 0.000000735. The van der Waals surface area contributed by atoms with Crippen LogP contribution in [0.25, 0.3) is 0 Å². The minimum absolute atomic E-state index is 0.00519. The van der Waals surface area contributed by atoms with Crippen LogP contribution in [0.1, 0.15) is 51.0 Å². The summed E-state index contributed by atoms with van der Waals surface area (Å²) in [5.74, 6) is -0.827. The lowest BCUT2D eigenvalue weighted by Gasteiger charge is -2.14. The topological polar surface area (TPSA) is 155 Å². The molecule has 36 heavy (non-hydrogen) atoms. The lowest BCUT2D eigenvalue weighted by atomic mass is 10.1. The van der Waals surface area contributed by atoms with Gasteiger partial charge in [0.15, 0.2) is 17.2 Å². The van der Waals surface area contributed by atoms with Gasteiger partial charge in [-0.15, -0.1) is 0 Å². The summed E-state index contributed by atoms with van der Waals surface area (Å²) in [6.07, 6.45) is 2.67. The number of hydrogen-bond acceptors (Lipinski definition) is 11. The Morgan fingerprint density at radius 2 is 1.92 bits per heavy atom. The Hall–Kier alpha value is -2.96. The van der Waals surface area contributed by atoms with Gasteiger partial charge in [-0.2, -0.15) is 0 Å². The van der Waals surface area contributed by atoms with Crippen LogP contribution in [0.3, 0.4) is 0 Å². The average Bonchev–Trinajstić information content (AvgIpc) is 2.92. The fourth-order valence-electron chi connectivity index (χ4n) is 2.81. The Labute approximate surface area is 212 Å². The van der Waals surface area contributed by atoms with E-state index in [0.717, 1.165) is 13.0 Å². The molecule has 2 heterocycles. The summed E-state index contributed by atoms with van der Waals surface area (Å²) in [5, 5.41) is 0. The molecular weight excluding hydrogens is 476 g/mol.